The Labute approximate surface area is 125 Å². The molecule has 3 heteroatoms. The molecule has 0 fully saturated rings. The van der Waals surface area contributed by atoms with Gasteiger partial charge in [0.05, 0.1) is 13.2 Å². The third kappa shape index (κ3) is 3.82. The first-order valence-corrected chi connectivity index (χ1v) is 7.33. The SMILES string of the molecule is CCCCc1ccc(C(N)c2ccc(F)c(OC)c2)cc1. The van der Waals surface area contributed by atoms with Crippen LogP contribution in [0.25, 0.3) is 0 Å². The fraction of sp³-hybridized carbons (Fsp3) is 0.333. The largest absolute Gasteiger partial charge is 0.494 e. The van der Waals surface area contributed by atoms with E-state index in [-0.39, 0.29) is 17.6 Å². The van der Waals surface area contributed by atoms with Crippen LogP contribution in [-0.4, -0.2) is 7.11 Å². The molecule has 2 aromatic carbocycles. The Morgan fingerprint density at radius 2 is 1.76 bits per heavy atom. The van der Waals surface area contributed by atoms with Crippen LogP contribution in [0.4, 0.5) is 4.39 Å². The maximum Gasteiger partial charge on any atom is 0.165 e. The monoisotopic (exact) mass is 287 g/mol. The molecular formula is C18H22FNO. The molecule has 0 amide bonds. The van der Waals surface area contributed by atoms with Crippen LogP contribution in [-0.2, 0) is 6.42 Å². The molecule has 0 heterocycles. The van der Waals surface area contributed by atoms with Crippen LogP contribution >= 0.6 is 0 Å². The van der Waals surface area contributed by atoms with Crippen molar-refractivity contribution in [2.45, 2.75) is 32.2 Å². The van der Waals surface area contributed by atoms with Crippen LogP contribution in [0.3, 0.4) is 0 Å². The first kappa shape index (κ1) is 15.5. The fourth-order valence-corrected chi connectivity index (χ4v) is 2.33. The van der Waals surface area contributed by atoms with E-state index >= 15 is 0 Å². The molecule has 2 nitrogen and oxygen atoms in total. The Balaban J connectivity index is 2.17. The number of benzene rings is 2. The second-order valence-electron chi connectivity index (χ2n) is 5.22. The van der Waals surface area contributed by atoms with Crippen molar-refractivity contribution in [1.82, 2.24) is 0 Å². The topological polar surface area (TPSA) is 35.2 Å². The molecule has 21 heavy (non-hydrogen) atoms. The minimum Gasteiger partial charge on any atom is -0.494 e. The lowest BCUT2D eigenvalue weighted by atomic mass is 9.97. The van der Waals surface area contributed by atoms with Crippen molar-refractivity contribution >= 4 is 0 Å². The molecule has 1 unspecified atom stereocenters. The van der Waals surface area contributed by atoms with E-state index in [1.54, 1.807) is 12.1 Å². The summed E-state index contributed by atoms with van der Waals surface area (Å²) in [6.45, 7) is 2.19. The highest BCUT2D eigenvalue weighted by Crippen LogP contribution is 2.25. The van der Waals surface area contributed by atoms with Crippen molar-refractivity contribution in [3.05, 3.63) is 65.0 Å². The molecule has 0 bridgehead atoms. The fourth-order valence-electron chi connectivity index (χ4n) is 2.33. The van der Waals surface area contributed by atoms with Gasteiger partial charge in [-0.3, -0.25) is 0 Å². The standard InChI is InChI=1S/C18H22FNO/c1-3-4-5-13-6-8-14(9-7-13)18(20)15-10-11-16(19)17(12-15)21-2/h6-12,18H,3-5,20H2,1-2H3. The number of ether oxygens (including phenoxy) is 1. The van der Waals surface area contributed by atoms with E-state index in [1.165, 1.54) is 31.6 Å². The summed E-state index contributed by atoms with van der Waals surface area (Å²) in [4.78, 5) is 0. The molecule has 0 aliphatic rings. The van der Waals surface area contributed by atoms with Crippen molar-refractivity contribution < 1.29 is 9.13 Å². The van der Waals surface area contributed by atoms with Gasteiger partial charge in [-0.1, -0.05) is 43.7 Å². The van der Waals surface area contributed by atoms with Crippen molar-refractivity contribution in [1.29, 1.82) is 0 Å². The lowest BCUT2D eigenvalue weighted by molar-refractivity contribution is 0.385. The summed E-state index contributed by atoms with van der Waals surface area (Å²) < 4.78 is 18.4. The van der Waals surface area contributed by atoms with Gasteiger partial charge in [-0.05, 0) is 41.7 Å². The first-order chi connectivity index (χ1) is 10.2. The van der Waals surface area contributed by atoms with Crippen LogP contribution in [0.5, 0.6) is 5.75 Å². The second kappa shape index (κ2) is 7.23. The Bertz CT molecular complexity index is 580. The molecule has 112 valence electrons. The molecule has 0 radical (unpaired) electrons. The Morgan fingerprint density at radius 1 is 1.10 bits per heavy atom. The summed E-state index contributed by atoms with van der Waals surface area (Å²) in [5.74, 6) is -0.147. The van der Waals surface area contributed by atoms with Crippen molar-refractivity contribution in [2.75, 3.05) is 7.11 Å². The lowest BCUT2D eigenvalue weighted by Gasteiger charge is -2.14. The van der Waals surface area contributed by atoms with Gasteiger partial charge in [0, 0.05) is 0 Å². The first-order valence-electron chi connectivity index (χ1n) is 7.33. The molecule has 0 aromatic heterocycles. The summed E-state index contributed by atoms with van der Waals surface area (Å²) >= 11 is 0. The van der Waals surface area contributed by atoms with Crippen LogP contribution in [0, 0.1) is 5.82 Å². The Morgan fingerprint density at radius 3 is 2.38 bits per heavy atom. The van der Waals surface area contributed by atoms with Gasteiger partial charge in [-0.15, -0.1) is 0 Å². The molecule has 0 aliphatic carbocycles. The third-order valence-corrected chi connectivity index (χ3v) is 3.69. The van der Waals surface area contributed by atoms with Gasteiger partial charge < -0.3 is 10.5 Å². The maximum atomic E-state index is 13.4. The Kier molecular flexibility index (Phi) is 5.34. The smallest absolute Gasteiger partial charge is 0.165 e. The number of halogens is 1. The molecule has 0 aliphatic heterocycles. The highest BCUT2D eigenvalue weighted by atomic mass is 19.1. The predicted molar refractivity (Wildman–Crippen MR) is 84.0 cm³/mol. The minimum absolute atomic E-state index is 0.225. The van der Waals surface area contributed by atoms with E-state index in [0.29, 0.717) is 0 Å². The molecule has 2 aromatic rings. The van der Waals surface area contributed by atoms with Crippen LogP contribution in [0.1, 0.15) is 42.5 Å². The van der Waals surface area contributed by atoms with Crippen LogP contribution in [0.2, 0.25) is 0 Å². The van der Waals surface area contributed by atoms with E-state index in [0.717, 1.165) is 17.5 Å². The molecule has 2 rings (SSSR count). The van der Waals surface area contributed by atoms with Gasteiger partial charge in [-0.2, -0.15) is 0 Å². The highest BCUT2D eigenvalue weighted by molar-refractivity contribution is 5.38. The quantitative estimate of drug-likeness (QED) is 0.863. The zero-order valence-corrected chi connectivity index (χ0v) is 12.6. The summed E-state index contributed by atoms with van der Waals surface area (Å²) in [7, 11) is 1.45. The van der Waals surface area contributed by atoms with Gasteiger partial charge in [-0.25, -0.2) is 4.39 Å². The molecule has 0 saturated heterocycles. The maximum absolute atomic E-state index is 13.4. The van der Waals surface area contributed by atoms with Gasteiger partial charge >= 0.3 is 0 Å². The second-order valence-corrected chi connectivity index (χ2v) is 5.22. The van der Waals surface area contributed by atoms with Crippen LogP contribution in [0.15, 0.2) is 42.5 Å². The molecular weight excluding hydrogens is 265 g/mol. The summed E-state index contributed by atoms with van der Waals surface area (Å²) in [6, 6.07) is 12.8. The molecule has 0 saturated carbocycles. The van der Waals surface area contributed by atoms with E-state index in [9.17, 15) is 4.39 Å². The average Bonchev–Trinajstić information content (AvgIpc) is 2.53. The number of hydrogen-bond acceptors (Lipinski definition) is 2. The third-order valence-electron chi connectivity index (χ3n) is 3.69. The minimum atomic E-state index is -0.372. The van der Waals surface area contributed by atoms with E-state index < -0.39 is 0 Å². The van der Waals surface area contributed by atoms with Gasteiger partial charge in [0.2, 0.25) is 0 Å². The van der Waals surface area contributed by atoms with E-state index in [4.69, 9.17) is 10.5 Å². The van der Waals surface area contributed by atoms with E-state index in [2.05, 4.69) is 19.1 Å². The van der Waals surface area contributed by atoms with Crippen molar-refractivity contribution in [3.63, 3.8) is 0 Å². The molecule has 0 spiro atoms. The zero-order valence-electron chi connectivity index (χ0n) is 12.6. The van der Waals surface area contributed by atoms with Gasteiger partial charge in [0.25, 0.3) is 0 Å². The average molecular weight is 287 g/mol. The Hall–Kier alpha value is -1.87. The van der Waals surface area contributed by atoms with Gasteiger partial charge in [0.15, 0.2) is 11.6 Å². The predicted octanol–water partition coefficient (Wildman–Crippen LogP) is 4.23. The normalized spacial score (nSPS) is 12.2. The molecule has 2 N–H and O–H groups in total. The number of hydrogen-bond donors (Lipinski definition) is 1. The summed E-state index contributed by atoms with van der Waals surface area (Å²) in [5.41, 5.74) is 9.45. The van der Waals surface area contributed by atoms with Crippen LogP contribution < -0.4 is 10.5 Å². The highest BCUT2D eigenvalue weighted by Gasteiger charge is 2.12. The zero-order chi connectivity index (χ0) is 15.2. The number of rotatable bonds is 6. The van der Waals surface area contributed by atoms with Crippen molar-refractivity contribution in [3.8, 4) is 5.75 Å². The number of nitrogens with two attached hydrogens (primary N) is 1. The number of aryl methyl sites for hydroxylation is 1. The van der Waals surface area contributed by atoms with Crippen molar-refractivity contribution in [2.24, 2.45) is 5.73 Å². The lowest BCUT2D eigenvalue weighted by Crippen LogP contribution is -2.12. The van der Waals surface area contributed by atoms with E-state index in [1.807, 2.05) is 12.1 Å². The molecule has 1 atom stereocenters. The number of methoxy groups -OCH3 is 1. The number of unbranched alkanes of at least 4 members (excludes halogenated alkanes) is 1. The van der Waals surface area contributed by atoms with Gasteiger partial charge in [0.1, 0.15) is 0 Å². The summed E-state index contributed by atoms with van der Waals surface area (Å²) in [6.07, 6.45) is 3.48. The summed E-state index contributed by atoms with van der Waals surface area (Å²) in [5, 5.41) is 0.